The molecule has 2 aromatic rings. The maximum Gasteiger partial charge on any atom is 0.435 e. The van der Waals surface area contributed by atoms with Crippen LogP contribution in [-0.2, 0) is 21.3 Å². The summed E-state index contributed by atoms with van der Waals surface area (Å²) < 4.78 is 75.3. The van der Waals surface area contributed by atoms with E-state index in [1.54, 1.807) is 0 Å². The Morgan fingerprint density at radius 2 is 1.96 bits per heavy atom. The number of pyridine rings is 1. The van der Waals surface area contributed by atoms with Crippen molar-refractivity contribution >= 4 is 28.0 Å². The van der Waals surface area contributed by atoms with Crippen LogP contribution in [0.4, 0.5) is 13.2 Å². The van der Waals surface area contributed by atoms with E-state index in [0.717, 1.165) is 4.68 Å². The molecule has 0 aliphatic heterocycles. The van der Waals surface area contributed by atoms with Crippen LogP contribution in [-0.4, -0.2) is 44.9 Å². The van der Waals surface area contributed by atoms with Gasteiger partial charge >= 0.3 is 22.5 Å². The van der Waals surface area contributed by atoms with Gasteiger partial charge in [0.15, 0.2) is 17.2 Å². The van der Waals surface area contributed by atoms with Gasteiger partial charge in [-0.3, -0.25) is 9.11 Å². The lowest BCUT2D eigenvalue weighted by Crippen LogP contribution is -2.13. The maximum absolute atomic E-state index is 12.8. The van der Waals surface area contributed by atoms with Crippen molar-refractivity contribution in [1.82, 2.24) is 14.8 Å². The minimum atomic E-state index is -4.70. The van der Waals surface area contributed by atoms with Crippen LogP contribution < -0.4 is 0 Å². The molecule has 0 fully saturated rings. The summed E-state index contributed by atoms with van der Waals surface area (Å²) in [6.07, 6.45) is -3.38. The SMILES string of the molecule is CCOC(=O)c1cc(C(F)(F)F)nn1-c1ncccc1Cl.O=S(=O)(O)O. The molecule has 2 heterocycles. The highest BCUT2D eigenvalue weighted by molar-refractivity contribution is 7.79. The summed E-state index contributed by atoms with van der Waals surface area (Å²) in [6.45, 7) is 1.55. The highest BCUT2D eigenvalue weighted by Gasteiger charge is 2.36. The second kappa shape index (κ2) is 8.44. The third-order valence-corrected chi connectivity index (χ3v) is 2.72. The molecule has 0 saturated carbocycles. The number of carbonyl (C=O) groups is 1. The van der Waals surface area contributed by atoms with Crippen LogP contribution in [0.2, 0.25) is 5.02 Å². The number of rotatable bonds is 3. The molecule has 26 heavy (non-hydrogen) atoms. The number of hydrogen-bond acceptors (Lipinski definition) is 6. The number of halogens is 4. The minimum absolute atomic E-state index is 0.0152. The summed E-state index contributed by atoms with van der Waals surface area (Å²) >= 11 is 5.88. The largest absolute Gasteiger partial charge is 0.461 e. The molecule has 2 aromatic heterocycles. The average Bonchev–Trinajstić information content (AvgIpc) is 2.91. The molecule has 144 valence electrons. The standard InChI is InChI=1S/C12H9ClF3N3O2.H2O4S/c1-2-21-11(20)8-6-9(12(14,15)16)18-19(8)10-7(13)4-3-5-17-10;1-5(2,3)4/h3-6H,2H2,1H3;(H2,1,2,3,4). The number of nitrogens with zero attached hydrogens (tertiary/aromatic N) is 3. The van der Waals surface area contributed by atoms with E-state index in [1.165, 1.54) is 25.3 Å². The van der Waals surface area contributed by atoms with Gasteiger partial charge in [0.2, 0.25) is 0 Å². The van der Waals surface area contributed by atoms with Gasteiger partial charge in [0.1, 0.15) is 0 Å². The molecule has 14 heteroatoms. The smallest absolute Gasteiger partial charge is 0.435 e. The molecular weight excluding hydrogens is 407 g/mol. The molecular formula is C12H11ClF3N3O6S. The third-order valence-electron chi connectivity index (χ3n) is 2.42. The van der Waals surface area contributed by atoms with Crippen molar-refractivity contribution in [2.24, 2.45) is 0 Å². The van der Waals surface area contributed by atoms with Gasteiger partial charge in [-0.15, -0.1) is 0 Å². The van der Waals surface area contributed by atoms with Crippen molar-refractivity contribution < 1.29 is 40.2 Å². The molecule has 0 atom stereocenters. The molecule has 0 aromatic carbocycles. The van der Waals surface area contributed by atoms with E-state index >= 15 is 0 Å². The second-order valence-electron chi connectivity index (χ2n) is 4.30. The molecule has 0 amide bonds. The molecule has 2 rings (SSSR count). The number of aromatic nitrogens is 3. The Morgan fingerprint density at radius 1 is 1.38 bits per heavy atom. The monoisotopic (exact) mass is 417 g/mol. The van der Waals surface area contributed by atoms with Gasteiger partial charge in [0.25, 0.3) is 0 Å². The van der Waals surface area contributed by atoms with E-state index in [1.807, 2.05) is 0 Å². The third kappa shape index (κ3) is 6.59. The van der Waals surface area contributed by atoms with Crippen molar-refractivity contribution in [2.45, 2.75) is 13.1 Å². The topological polar surface area (TPSA) is 132 Å². The molecule has 0 aliphatic carbocycles. The quantitative estimate of drug-likeness (QED) is 0.575. The predicted octanol–water partition coefficient (Wildman–Crippen LogP) is 2.46. The number of carbonyl (C=O) groups excluding carboxylic acids is 1. The Hall–Kier alpha value is -2.22. The lowest BCUT2D eigenvalue weighted by molar-refractivity contribution is -0.141. The summed E-state index contributed by atoms with van der Waals surface area (Å²) in [4.78, 5) is 15.6. The minimum Gasteiger partial charge on any atom is -0.461 e. The Bertz CT molecular complexity index is 877. The molecule has 0 saturated heterocycles. The summed E-state index contributed by atoms with van der Waals surface area (Å²) in [6, 6.07) is 3.53. The Balaban J connectivity index is 0.000000597. The molecule has 0 radical (unpaired) electrons. The first kappa shape index (κ1) is 21.8. The van der Waals surface area contributed by atoms with Gasteiger partial charge in [-0.05, 0) is 19.1 Å². The molecule has 0 spiro atoms. The average molecular weight is 418 g/mol. The van der Waals surface area contributed by atoms with Crippen molar-refractivity contribution in [3.63, 3.8) is 0 Å². The molecule has 0 unspecified atom stereocenters. The molecule has 2 N–H and O–H groups in total. The van der Waals surface area contributed by atoms with Gasteiger partial charge in [-0.25, -0.2) is 14.5 Å². The number of ether oxygens (including phenoxy) is 1. The molecule has 9 nitrogen and oxygen atoms in total. The van der Waals surface area contributed by atoms with Crippen LogP contribution in [0.25, 0.3) is 5.82 Å². The summed E-state index contributed by atoms with van der Waals surface area (Å²) in [5.74, 6) is -1.03. The lowest BCUT2D eigenvalue weighted by Gasteiger charge is -2.07. The Kier molecular flexibility index (Phi) is 7.08. The van der Waals surface area contributed by atoms with Crippen LogP contribution in [0.3, 0.4) is 0 Å². The second-order valence-corrected chi connectivity index (χ2v) is 5.60. The van der Waals surface area contributed by atoms with Crippen LogP contribution >= 0.6 is 11.6 Å². The van der Waals surface area contributed by atoms with Gasteiger partial charge < -0.3 is 4.74 Å². The highest BCUT2D eigenvalue weighted by atomic mass is 35.5. The van der Waals surface area contributed by atoms with Gasteiger partial charge in [0.05, 0.1) is 11.6 Å². The van der Waals surface area contributed by atoms with Crippen LogP contribution in [0.15, 0.2) is 24.4 Å². The number of hydrogen-bond donors (Lipinski definition) is 2. The van der Waals surface area contributed by atoms with Crippen LogP contribution in [0.5, 0.6) is 0 Å². The van der Waals surface area contributed by atoms with Gasteiger partial charge in [0, 0.05) is 12.3 Å². The fourth-order valence-electron chi connectivity index (χ4n) is 1.56. The van der Waals surface area contributed by atoms with Gasteiger partial charge in [-0.2, -0.15) is 26.7 Å². The summed E-state index contributed by atoms with van der Waals surface area (Å²) in [7, 11) is -4.67. The first-order valence-electron chi connectivity index (χ1n) is 6.49. The Morgan fingerprint density at radius 3 is 2.42 bits per heavy atom. The zero-order valence-corrected chi connectivity index (χ0v) is 14.4. The zero-order chi connectivity index (χ0) is 20.1. The summed E-state index contributed by atoms with van der Waals surface area (Å²) in [5.41, 5.74) is -1.63. The van der Waals surface area contributed by atoms with E-state index in [9.17, 15) is 18.0 Å². The number of esters is 1. The fraction of sp³-hybridized carbons (Fsp3) is 0.250. The van der Waals surface area contributed by atoms with E-state index in [0.29, 0.717) is 6.07 Å². The predicted molar refractivity (Wildman–Crippen MR) is 81.5 cm³/mol. The number of alkyl halides is 3. The first-order valence-corrected chi connectivity index (χ1v) is 8.27. The van der Waals surface area contributed by atoms with Crippen LogP contribution in [0, 0.1) is 0 Å². The highest BCUT2D eigenvalue weighted by Crippen LogP contribution is 2.30. The van der Waals surface area contributed by atoms with E-state index in [2.05, 4.69) is 10.1 Å². The summed E-state index contributed by atoms with van der Waals surface area (Å²) in [5, 5.41) is 3.42. The van der Waals surface area contributed by atoms with Crippen molar-refractivity contribution in [1.29, 1.82) is 0 Å². The van der Waals surface area contributed by atoms with Crippen molar-refractivity contribution in [3.05, 3.63) is 40.8 Å². The first-order chi connectivity index (χ1) is 11.8. The fourth-order valence-corrected chi connectivity index (χ4v) is 1.77. The van der Waals surface area contributed by atoms with Crippen molar-refractivity contribution in [3.8, 4) is 5.82 Å². The van der Waals surface area contributed by atoms with E-state index < -0.39 is 33.9 Å². The van der Waals surface area contributed by atoms with E-state index in [-0.39, 0.29) is 17.4 Å². The van der Waals surface area contributed by atoms with E-state index in [4.69, 9.17) is 33.9 Å². The van der Waals surface area contributed by atoms with Gasteiger partial charge in [-0.1, -0.05) is 11.6 Å². The molecule has 0 aliphatic rings. The maximum atomic E-state index is 12.8. The normalized spacial score (nSPS) is 11.5. The zero-order valence-electron chi connectivity index (χ0n) is 12.8. The molecule has 0 bridgehead atoms. The Labute approximate surface area is 149 Å². The lowest BCUT2D eigenvalue weighted by atomic mass is 10.3. The van der Waals surface area contributed by atoms with Crippen molar-refractivity contribution in [2.75, 3.05) is 6.61 Å². The van der Waals surface area contributed by atoms with Crippen LogP contribution in [0.1, 0.15) is 23.1 Å².